The predicted octanol–water partition coefficient (Wildman–Crippen LogP) is 7.47. The van der Waals surface area contributed by atoms with E-state index in [0.717, 1.165) is 24.8 Å². The second kappa shape index (κ2) is 14.5. The molecule has 0 radical (unpaired) electrons. The average Bonchev–Trinajstić information content (AvgIpc) is 2.85. The fraction of sp³-hybridized carbons (Fsp3) is 0.594. The molecular formula is C32H47N2+. The van der Waals surface area contributed by atoms with Crippen molar-refractivity contribution in [1.82, 2.24) is 4.90 Å². The first-order chi connectivity index (χ1) is 16.9. The lowest BCUT2D eigenvalue weighted by Gasteiger charge is -2.38. The molecule has 1 aromatic rings. The topological polar surface area (TPSA) is 7.12 Å². The molecule has 6 bridgehead atoms. The van der Waals surface area contributed by atoms with Crippen LogP contribution in [0.15, 0.2) is 67.1 Å². The average molecular weight is 460 g/mol. The summed E-state index contributed by atoms with van der Waals surface area (Å²) in [7, 11) is 0. The Morgan fingerprint density at radius 1 is 0.676 bits per heavy atom. The maximum absolute atomic E-state index is 2.75. The standard InChI is InChI=1S/C32H47N2/c1-2-5-10-14-18-23-34-26-29-19-15-11-7-4-6-9-13-17-22-33-24-21-32(31(25-29)28-34)30(27-33)20-16-12-8-3-1/h2,4-6,9-10,13-14,25-26,28,30,32H,1,3,7-8,11-12,15-24,27H2/q+1/b5-2-,6-4-,13-9-,14-10-/t30-,32-/m1/s1. The summed E-state index contributed by atoms with van der Waals surface area (Å²) in [6, 6.07) is 2.59. The molecule has 0 amide bonds. The molecule has 4 aliphatic heterocycles. The number of aryl methyl sites for hydroxylation is 2. The minimum atomic E-state index is 0.725. The zero-order chi connectivity index (χ0) is 23.3. The fourth-order valence-electron chi connectivity index (χ4n) is 6.03. The van der Waals surface area contributed by atoms with Gasteiger partial charge in [-0.25, -0.2) is 4.57 Å². The van der Waals surface area contributed by atoms with Crippen LogP contribution >= 0.6 is 0 Å². The number of hydrogen-bond acceptors (Lipinski definition) is 1. The Labute approximate surface area is 209 Å². The molecule has 34 heavy (non-hydrogen) atoms. The van der Waals surface area contributed by atoms with E-state index in [4.69, 9.17) is 0 Å². The lowest BCUT2D eigenvalue weighted by Crippen LogP contribution is -2.41. The van der Waals surface area contributed by atoms with Crippen molar-refractivity contribution in [2.75, 3.05) is 19.6 Å². The third-order valence-corrected chi connectivity index (χ3v) is 7.96. The molecule has 1 fully saturated rings. The van der Waals surface area contributed by atoms with Gasteiger partial charge in [-0.1, -0.05) is 67.9 Å². The number of piperidine rings is 1. The van der Waals surface area contributed by atoms with Crippen LogP contribution in [0, 0.1) is 5.92 Å². The molecule has 1 unspecified atom stereocenters. The molecule has 4 aliphatic rings. The second-order valence-electron chi connectivity index (χ2n) is 10.7. The van der Waals surface area contributed by atoms with E-state index in [1.54, 1.807) is 11.1 Å². The van der Waals surface area contributed by atoms with Crippen molar-refractivity contribution < 1.29 is 4.57 Å². The highest BCUT2D eigenvalue weighted by molar-refractivity contribution is 5.21. The van der Waals surface area contributed by atoms with E-state index in [-0.39, 0.29) is 0 Å². The summed E-state index contributed by atoms with van der Waals surface area (Å²) in [5, 5.41) is 0. The highest BCUT2D eigenvalue weighted by atomic mass is 15.1. The van der Waals surface area contributed by atoms with Crippen LogP contribution < -0.4 is 4.57 Å². The quantitative estimate of drug-likeness (QED) is 0.365. The monoisotopic (exact) mass is 459 g/mol. The van der Waals surface area contributed by atoms with Gasteiger partial charge in [0.05, 0.1) is 0 Å². The van der Waals surface area contributed by atoms with Gasteiger partial charge in [0, 0.05) is 30.6 Å². The van der Waals surface area contributed by atoms with Crippen LogP contribution in [-0.4, -0.2) is 24.5 Å². The van der Waals surface area contributed by atoms with Gasteiger partial charge in [-0.2, -0.15) is 0 Å². The maximum atomic E-state index is 2.75. The molecule has 0 saturated carbocycles. The number of hydrogen-bond donors (Lipinski definition) is 0. The smallest absolute Gasteiger partial charge is 0.172 e. The number of nitrogens with zero attached hydrogens (tertiary/aromatic N) is 2. The van der Waals surface area contributed by atoms with Gasteiger partial charge in [0.1, 0.15) is 0 Å². The van der Waals surface area contributed by atoms with Gasteiger partial charge in [0.15, 0.2) is 18.9 Å². The van der Waals surface area contributed by atoms with Crippen molar-refractivity contribution in [3.05, 3.63) is 78.2 Å². The van der Waals surface area contributed by atoms with Gasteiger partial charge in [-0.05, 0) is 82.2 Å². The number of rotatable bonds is 0. The predicted molar refractivity (Wildman–Crippen MR) is 145 cm³/mol. The van der Waals surface area contributed by atoms with Crippen molar-refractivity contribution >= 4 is 0 Å². The Morgan fingerprint density at radius 2 is 1.41 bits per heavy atom. The van der Waals surface area contributed by atoms with Crippen LogP contribution in [0.2, 0.25) is 0 Å². The van der Waals surface area contributed by atoms with Gasteiger partial charge in [0.2, 0.25) is 0 Å². The molecule has 0 aromatic carbocycles. The molecule has 0 aliphatic carbocycles. The molecule has 1 saturated heterocycles. The first-order valence-electron chi connectivity index (χ1n) is 14.3. The second-order valence-corrected chi connectivity index (χ2v) is 10.7. The summed E-state index contributed by atoms with van der Waals surface area (Å²) in [5.41, 5.74) is 3.17. The molecule has 2 heteroatoms. The Bertz CT molecular complexity index is 847. The Morgan fingerprint density at radius 3 is 2.26 bits per heavy atom. The van der Waals surface area contributed by atoms with Gasteiger partial charge in [0.25, 0.3) is 0 Å². The SMILES string of the molecule is C1=C\CCCCCC[C@@H]2CN3CC/C=C\C=C/CCCCc4cc(c[n+](c4)CC\C=C/1)[C@@H]2CC3. The number of pyridine rings is 1. The van der Waals surface area contributed by atoms with Crippen molar-refractivity contribution in [2.45, 2.75) is 95.9 Å². The fourth-order valence-corrected chi connectivity index (χ4v) is 6.03. The van der Waals surface area contributed by atoms with Crippen molar-refractivity contribution in [3.63, 3.8) is 0 Å². The number of aromatic nitrogens is 1. The molecule has 5 heterocycles. The van der Waals surface area contributed by atoms with Gasteiger partial charge < -0.3 is 4.90 Å². The minimum Gasteiger partial charge on any atom is -0.303 e. The van der Waals surface area contributed by atoms with Crippen molar-refractivity contribution in [2.24, 2.45) is 5.92 Å². The number of allylic oxidation sites excluding steroid dienone is 7. The summed E-state index contributed by atoms with van der Waals surface area (Å²) in [4.78, 5) is 2.75. The molecule has 2 nitrogen and oxygen atoms in total. The van der Waals surface area contributed by atoms with Crippen LogP contribution in [0.25, 0.3) is 0 Å². The highest BCUT2D eigenvalue weighted by Gasteiger charge is 2.31. The van der Waals surface area contributed by atoms with Crippen LogP contribution in [0.3, 0.4) is 0 Å². The van der Waals surface area contributed by atoms with Crippen LogP contribution in [0.4, 0.5) is 0 Å². The Balaban J connectivity index is 1.59. The molecule has 1 aromatic heterocycles. The largest absolute Gasteiger partial charge is 0.303 e. The summed E-state index contributed by atoms with van der Waals surface area (Å²) in [5.74, 6) is 1.52. The van der Waals surface area contributed by atoms with Crippen LogP contribution in [0.5, 0.6) is 0 Å². The van der Waals surface area contributed by atoms with E-state index in [1.165, 1.54) is 96.7 Å². The zero-order valence-electron chi connectivity index (χ0n) is 21.4. The molecule has 184 valence electrons. The highest BCUT2D eigenvalue weighted by Crippen LogP contribution is 2.36. The summed E-state index contributed by atoms with van der Waals surface area (Å²) >= 11 is 0. The lowest BCUT2D eigenvalue weighted by molar-refractivity contribution is -0.697. The van der Waals surface area contributed by atoms with E-state index >= 15 is 0 Å². The van der Waals surface area contributed by atoms with E-state index in [1.807, 2.05) is 0 Å². The van der Waals surface area contributed by atoms with E-state index < -0.39 is 0 Å². The molecule has 5 rings (SSSR count). The van der Waals surface area contributed by atoms with E-state index in [9.17, 15) is 0 Å². The third kappa shape index (κ3) is 8.38. The summed E-state index contributed by atoms with van der Waals surface area (Å²) in [6.07, 6.45) is 40.1. The van der Waals surface area contributed by atoms with Crippen molar-refractivity contribution in [3.8, 4) is 0 Å². The summed E-state index contributed by atoms with van der Waals surface area (Å²) < 4.78 is 2.51. The molecule has 0 N–H and O–H groups in total. The van der Waals surface area contributed by atoms with E-state index in [2.05, 4.69) is 76.5 Å². The Kier molecular flexibility index (Phi) is 10.7. The number of fused-ring (bicyclic) bond motifs is 9. The summed E-state index contributed by atoms with van der Waals surface area (Å²) in [6.45, 7) is 4.84. The van der Waals surface area contributed by atoms with Gasteiger partial charge in [-0.15, -0.1) is 0 Å². The third-order valence-electron chi connectivity index (χ3n) is 7.96. The molecule has 3 atom stereocenters. The maximum Gasteiger partial charge on any atom is 0.172 e. The van der Waals surface area contributed by atoms with Gasteiger partial charge in [-0.3, -0.25) is 0 Å². The van der Waals surface area contributed by atoms with E-state index in [0.29, 0.717) is 0 Å². The van der Waals surface area contributed by atoms with Crippen LogP contribution in [0.1, 0.15) is 94.1 Å². The molecular weight excluding hydrogens is 412 g/mol. The van der Waals surface area contributed by atoms with Crippen LogP contribution in [-0.2, 0) is 13.0 Å². The first-order valence-corrected chi connectivity index (χ1v) is 14.3. The first kappa shape index (κ1) is 25.2. The normalized spacial score (nSPS) is 31.4. The van der Waals surface area contributed by atoms with Gasteiger partial charge >= 0.3 is 0 Å². The molecule has 0 spiro atoms. The minimum absolute atomic E-state index is 0.725. The zero-order valence-corrected chi connectivity index (χ0v) is 21.4. The Hall–Kier alpha value is -1.93. The lowest BCUT2D eigenvalue weighted by atomic mass is 9.78. The van der Waals surface area contributed by atoms with Crippen molar-refractivity contribution in [1.29, 1.82) is 0 Å².